The first-order valence-electron chi connectivity index (χ1n) is 10.6. The number of aliphatic imine (C=N–C) groups is 1. The quantitative estimate of drug-likeness (QED) is 0.583. The number of carbonyl (C=O) groups excluding carboxylic acids is 1. The van der Waals surface area contributed by atoms with Gasteiger partial charge in [0.1, 0.15) is 5.75 Å². The molecule has 2 N–H and O–H groups in total. The van der Waals surface area contributed by atoms with Gasteiger partial charge in [-0.1, -0.05) is 25.0 Å². The van der Waals surface area contributed by atoms with Crippen molar-refractivity contribution in [1.29, 1.82) is 0 Å². The second kappa shape index (κ2) is 9.80. The van der Waals surface area contributed by atoms with Crippen LogP contribution in [0.1, 0.15) is 51.5 Å². The minimum Gasteiger partial charge on any atom is -0.491 e. The zero-order valence-electron chi connectivity index (χ0n) is 17.4. The summed E-state index contributed by atoms with van der Waals surface area (Å²) in [6.07, 6.45) is 5.66. The van der Waals surface area contributed by atoms with Gasteiger partial charge in [0, 0.05) is 38.6 Å². The molecule has 0 aromatic heterocycles. The normalized spacial score (nSPS) is 20.6. The Labute approximate surface area is 168 Å². The molecule has 1 aliphatic carbocycles. The third kappa shape index (κ3) is 5.63. The van der Waals surface area contributed by atoms with Crippen molar-refractivity contribution in [2.45, 2.75) is 64.6 Å². The highest BCUT2D eigenvalue weighted by Gasteiger charge is 2.32. The van der Waals surface area contributed by atoms with Gasteiger partial charge in [-0.3, -0.25) is 9.79 Å². The number of hydrogen-bond donors (Lipinski definition) is 2. The van der Waals surface area contributed by atoms with Crippen LogP contribution in [0.5, 0.6) is 5.75 Å². The summed E-state index contributed by atoms with van der Waals surface area (Å²) in [5.41, 5.74) is 1.14. The monoisotopic (exact) mass is 386 g/mol. The molecule has 0 bridgehead atoms. The van der Waals surface area contributed by atoms with Crippen molar-refractivity contribution in [2.75, 3.05) is 20.1 Å². The number of nitrogens with one attached hydrogen (secondary N) is 2. The predicted molar refractivity (Wildman–Crippen MR) is 112 cm³/mol. The molecule has 1 heterocycles. The van der Waals surface area contributed by atoms with Gasteiger partial charge in [-0.15, -0.1) is 0 Å². The first-order valence-corrected chi connectivity index (χ1v) is 10.6. The van der Waals surface area contributed by atoms with Gasteiger partial charge in [0.25, 0.3) is 0 Å². The van der Waals surface area contributed by atoms with Gasteiger partial charge < -0.3 is 20.3 Å². The van der Waals surface area contributed by atoms with E-state index in [9.17, 15) is 4.79 Å². The molecule has 154 valence electrons. The fourth-order valence-electron chi connectivity index (χ4n) is 4.08. The first-order chi connectivity index (χ1) is 13.5. The van der Waals surface area contributed by atoms with Crippen LogP contribution in [0.3, 0.4) is 0 Å². The molecule has 6 nitrogen and oxygen atoms in total. The molecular weight excluding hydrogens is 352 g/mol. The molecule has 0 spiro atoms. The average Bonchev–Trinajstić information content (AvgIpc) is 3.36. The Morgan fingerprint density at radius 2 is 2.07 bits per heavy atom. The van der Waals surface area contributed by atoms with Crippen LogP contribution < -0.4 is 15.4 Å². The Hall–Kier alpha value is -2.24. The number of amides is 1. The van der Waals surface area contributed by atoms with E-state index in [0.29, 0.717) is 12.5 Å². The number of nitrogens with zero attached hydrogens (tertiary/aromatic N) is 2. The molecule has 1 amide bonds. The lowest BCUT2D eigenvalue weighted by Crippen LogP contribution is -2.45. The number of hydrogen-bond acceptors (Lipinski definition) is 3. The van der Waals surface area contributed by atoms with Gasteiger partial charge in [-0.05, 0) is 50.8 Å². The number of likely N-dealkylation sites (tertiary alicyclic amines) is 1. The predicted octanol–water partition coefficient (Wildman–Crippen LogP) is 2.93. The van der Waals surface area contributed by atoms with Crippen LogP contribution in [0, 0.1) is 5.92 Å². The lowest BCUT2D eigenvalue weighted by atomic mass is 10.1. The topological polar surface area (TPSA) is 66.0 Å². The van der Waals surface area contributed by atoms with Crippen LogP contribution in [0.2, 0.25) is 0 Å². The maximum Gasteiger partial charge on any atom is 0.225 e. The number of rotatable bonds is 6. The van der Waals surface area contributed by atoms with E-state index in [1.54, 1.807) is 7.05 Å². The van der Waals surface area contributed by atoms with Crippen molar-refractivity contribution in [3.8, 4) is 5.75 Å². The highest BCUT2D eigenvalue weighted by atomic mass is 16.5. The van der Waals surface area contributed by atoms with E-state index in [1.807, 2.05) is 30.9 Å². The van der Waals surface area contributed by atoms with Gasteiger partial charge in [0.05, 0.1) is 6.10 Å². The van der Waals surface area contributed by atoms with E-state index < -0.39 is 0 Å². The summed E-state index contributed by atoms with van der Waals surface area (Å²) in [6, 6.07) is 8.37. The minimum absolute atomic E-state index is 0.162. The summed E-state index contributed by atoms with van der Waals surface area (Å²) >= 11 is 0. The average molecular weight is 387 g/mol. The molecular formula is C22H34N4O2. The molecule has 1 saturated carbocycles. The fourth-order valence-corrected chi connectivity index (χ4v) is 4.08. The van der Waals surface area contributed by atoms with Crippen molar-refractivity contribution in [1.82, 2.24) is 15.5 Å². The van der Waals surface area contributed by atoms with Crippen molar-refractivity contribution in [3.63, 3.8) is 0 Å². The summed E-state index contributed by atoms with van der Waals surface area (Å²) in [5.74, 6) is 2.27. The van der Waals surface area contributed by atoms with E-state index in [1.165, 1.54) is 12.8 Å². The van der Waals surface area contributed by atoms with Crippen LogP contribution in [-0.4, -0.2) is 49.0 Å². The second-order valence-electron chi connectivity index (χ2n) is 8.14. The van der Waals surface area contributed by atoms with E-state index in [2.05, 4.69) is 27.8 Å². The van der Waals surface area contributed by atoms with Crippen LogP contribution >= 0.6 is 0 Å². The minimum atomic E-state index is 0.162. The van der Waals surface area contributed by atoms with Gasteiger partial charge in [0.2, 0.25) is 5.91 Å². The Balaban J connectivity index is 1.47. The van der Waals surface area contributed by atoms with Crippen molar-refractivity contribution < 1.29 is 9.53 Å². The standard InChI is InChI=1S/C22H34N4O2/c1-16(2)28-20-10-6-7-17(13-20)14-24-22(23-3)25-19-11-12-26(15-19)21(27)18-8-4-5-9-18/h6-7,10,13,16,18-19H,4-5,8-9,11-12,14-15H2,1-3H3,(H2,23,24,25). The van der Waals surface area contributed by atoms with Crippen LogP contribution in [0.4, 0.5) is 0 Å². The molecule has 2 aliphatic rings. The lowest BCUT2D eigenvalue weighted by Gasteiger charge is -2.21. The largest absolute Gasteiger partial charge is 0.491 e. The van der Waals surface area contributed by atoms with Gasteiger partial charge in [-0.25, -0.2) is 0 Å². The Kier molecular flexibility index (Phi) is 7.18. The number of carbonyl (C=O) groups is 1. The van der Waals surface area contributed by atoms with Crippen LogP contribution in [0.15, 0.2) is 29.3 Å². The first kappa shape index (κ1) is 20.5. The second-order valence-corrected chi connectivity index (χ2v) is 8.14. The summed E-state index contributed by atoms with van der Waals surface area (Å²) < 4.78 is 5.76. The Morgan fingerprint density at radius 3 is 2.79 bits per heavy atom. The molecule has 1 unspecified atom stereocenters. The lowest BCUT2D eigenvalue weighted by molar-refractivity contribution is -0.134. The summed E-state index contributed by atoms with van der Waals surface area (Å²) in [6.45, 7) is 6.34. The van der Waals surface area contributed by atoms with E-state index in [-0.39, 0.29) is 18.1 Å². The molecule has 1 atom stereocenters. The van der Waals surface area contributed by atoms with Crippen LogP contribution in [-0.2, 0) is 11.3 Å². The van der Waals surface area contributed by atoms with Crippen molar-refractivity contribution in [2.24, 2.45) is 10.9 Å². The van der Waals surface area contributed by atoms with Crippen LogP contribution in [0.25, 0.3) is 0 Å². The number of guanidine groups is 1. The maximum atomic E-state index is 12.6. The molecule has 0 radical (unpaired) electrons. The fraction of sp³-hybridized carbons (Fsp3) is 0.636. The Bertz CT molecular complexity index is 683. The molecule has 1 aromatic rings. The van der Waals surface area contributed by atoms with Crippen molar-refractivity contribution in [3.05, 3.63) is 29.8 Å². The maximum absolute atomic E-state index is 12.6. The van der Waals surface area contributed by atoms with E-state index in [4.69, 9.17) is 4.74 Å². The zero-order valence-corrected chi connectivity index (χ0v) is 17.4. The molecule has 6 heteroatoms. The molecule has 1 aromatic carbocycles. The molecule has 1 aliphatic heterocycles. The van der Waals surface area contributed by atoms with Crippen molar-refractivity contribution >= 4 is 11.9 Å². The smallest absolute Gasteiger partial charge is 0.225 e. The molecule has 3 rings (SSSR count). The van der Waals surface area contributed by atoms with E-state index >= 15 is 0 Å². The highest BCUT2D eigenvalue weighted by molar-refractivity contribution is 5.81. The molecule has 28 heavy (non-hydrogen) atoms. The van der Waals surface area contributed by atoms with Gasteiger partial charge in [0.15, 0.2) is 5.96 Å². The highest BCUT2D eigenvalue weighted by Crippen LogP contribution is 2.27. The third-order valence-electron chi connectivity index (χ3n) is 5.50. The Morgan fingerprint density at radius 1 is 1.29 bits per heavy atom. The number of ether oxygens (including phenoxy) is 1. The van der Waals surface area contributed by atoms with Gasteiger partial charge >= 0.3 is 0 Å². The SMILES string of the molecule is CN=C(NCc1cccc(OC(C)C)c1)NC1CCN(C(=O)C2CCCC2)C1. The zero-order chi connectivity index (χ0) is 19.9. The van der Waals surface area contributed by atoms with E-state index in [0.717, 1.165) is 49.6 Å². The summed E-state index contributed by atoms with van der Waals surface area (Å²) in [4.78, 5) is 19.0. The molecule has 1 saturated heterocycles. The van der Waals surface area contributed by atoms with Gasteiger partial charge in [-0.2, -0.15) is 0 Å². The molecule has 2 fully saturated rings. The third-order valence-corrected chi connectivity index (χ3v) is 5.50. The summed E-state index contributed by atoms with van der Waals surface area (Å²) in [7, 11) is 1.78. The number of benzene rings is 1. The summed E-state index contributed by atoms with van der Waals surface area (Å²) in [5, 5.41) is 6.84.